The average molecular weight is 269 g/mol. The molecule has 0 atom stereocenters. The molecule has 1 aliphatic rings. The van der Waals surface area contributed by atoms with Crippen molar-refractivity contribution in [2.45, 2.75) is 33.4 Å². The molecule has 0 unspecified atom stereocenters. The van der Waals surface area contributed by atoms with Gasteiger partial charge in [-0.15, -0.1) is 0 Å². The van der Waals surface area contributed by atoms with Crippen molar-refractivity contribution >= 4 is 0 Å². The fourth-order valence-electron chi connectivity index (χ4n) is 3.09. The largest absolute Gasteiger partial charge is 0.335 e. The third-order valence-corrected chi connectivity index (χ3v) is 4.09. The van der Waals surface area contributed by atoms with Crippen LogP contribution in [0, 0.1) is 12.8 Å². The summed E-state index contributed by atoms with van der Waals surface area (Å²) in [6.07, 6.45) is 5.05. The molecule has 1 saturated heterocycles. The summed E-state index contributed by atoms with van der Waals surface area (Å²) in [4.78, 5) is 6.92. The number of aromatic nitrogens is 2. The lowest BCUT2D eigenvalue weighted by molar-refractivity contribution is 0.0797. The lowest BCUT2D eigenvalue weighted by Crippen LogP contribution is -2.47. The maximum absolute atomic E-state index is 4.39. The van der Waals surface area contributed by atoms with E-state index in [9.17, 15) is 0 Å². The van der Waals surface area contributed by atoms with Crippen molar-refractivity contribution in [3.63, 3.8) is 0 Å². The molecule has 0 aliphatic carbocycles. The summed E-state index contributed by atoms with van der Waals surface area (Å²) < 4.78 is 2.31. The summed E-state index contributed by atoms with van der Waals surface area (Å²) in [5.41, 5.74) is 2.78. The van der Waals surface area contributed by atoms with Gasteiger partial charge in [-0.3, -0.25) is 4.90 Å². The van der Waals surface area contributed by atoms with Crippen molar-refractivity contribution in [1.82, 2.24) is 14.5 Å². The maximum atomic E-state index is 4.39. The van der Waals surface area contributed by atoms with Crippen LogP contribution in [-0.2, 0) is 19.5 Å². The molecule has 2 heterocycles. The van der Waals surface area contributed by atoms with Gasteiger partial charge in [0.2, 0.25) is 0 Å². The molecule has 1 aromatic heterocycles. The number of benzene rings is 1. The number of likely N-dealkylation sites (tertiary alicyclic amines) is 1. The van der Waals surface area contributed by atoms with Gasteiger partial charge in [-0.1, -0.05) is 36.8 Å². The Morgan fingerprint density at radius 2 is 2.15 bits per heavy atom. The Morgan fingerprint density at radius 1 is 1.30 bits per heavy atom. The van der Waals surface area contributed by atoms with Crippen LogP contribution >= 0.6 is 0 Å². The quantitative estimate of drug-likeness (QED) is 0.832. The summed E-state index contributed by atoms with van der Waals surface area (Å²) in [6.45, 7) is 8.94. The minimum absolute atomic E-state index is 0.777. The van der Waals surface area contributed by atoms with Crippen LogP contribution in [0.25, 0.3) is 0 Å². The van der Waals surface area contributed by atoms with Gasteiger partial charge in [-0.05, 0) is 12.5 Å². The van der Waals surface area contributed by atoms with Gasteiger partial charge in [-0.25, -0.2) is 4.98 Å². The lowest BCUT2D eigenvalue weighted by atomic mass is 9.98. The van der Waals surface area contributed by atoms with Crippen molar-refractivity contribution in [3.05, 3.63) is 53.6 Å². The standard InChI is InChI=1S/C17H23N3/c1-3-17-18-7-8-20(17)13-16-11-19(12-16)10-15-6-4-5-14(2)9-15/h4-9,16H,3,10-13H2,1-2H3. The molecule has 3 heteroatoms. The van der Waals surface area contributed by atoms with Crippen LogP contribution in [0.4, 0.5) is 0 Å². The molecule has 1 aromatic carbocycles. The molecule has 106 valence electrons. The number of nitrogens with zero attached hydrogens (tertiary/aromatic N) is 3. The number of hydrogen-bond acceptors (Lipinski definition) is 2. The second-order valence-electron chi connectivity index (χ2n) is 5.90. The number of imidazole rings is 1. The zero-order valence-electron chi connectivity index (χ0n) is 12.4. The third-order valence-electron chi connectivity index (χ3n) is 4.09. The third kappa shape index (κ3) is 2.93. The number of aryl methyl sites for hydroxylation is 2. The minimum Gasteiger partial charge on any atom is -0.335 e. The Morgan fingerprint density at radius 3 is 2.90 bits per heavy atom. The van der Waals surface area contributed by atoms with Crippen LogP contribution in [0.1, 0.15) is 23.9 Å². The molecule has 0 saturated carbocycles. The van der Waals surface area contributed by atoms with Crippen LogP contribution in [0.2, 0.25) is 0 Å². The van der Waals surface area contributed by atoms with Crippen molar-refractivity contribution in [2.24, 2.45) is 5.92 Å². The molecule has 2 aromatic rings. The molecule has 0 spiro atoms. The Hall–Kier alpha value is -1.61. The van der Waals surface area contributed by atoms with E-state index in [0.717, 1.165) is 25.4 Å². The van der Waals surface area contributed by atoms with Crippen LogP contribution in [0.5, 0.6) is 0 Å². The zero-order valence-corrected chi connectivity index (χ0v) is 12.4. The Labute approximate surface area is 121 Å². The van der Waals surface area contributed by atoms with Gasteiger partial charge in [0.05, 0.1) is 0 Å². The van der Waals surface area contributed by atoms with E-state index in [1.807, 2.05) is 6.20 Å². The normalized spacial score (nSPS) is 16.3. The smallest absolute Gasteiger partial charge is 0.108 e. The van der Waals surface area contributed by atoms with E-state index in [2.05, 4.69) is 58.8 Å². The first kappa shape index (κ1) is 13.4. The second kappa shape index (κ2) is 5.80. The highest BCUT2D eigenvalue weighted by atomic mass is 15.2. The van der Waals surface area contributed by atoms with E-state index in [-0.39, 0.29) is 0 Å². The molecule has 20 heavy (non-hydrogen) atoms. The average Bonchev–Trinajstić information content (AvgIpc) is 2.83. The van der Waals surface area contributed by atoms with E-state index in [1.54, 1.807) is 0 Å². The first-order valence-corrected chi connectivity index (χ1v) is 7.52. The van der Waals surface area contributed by atoms with E-state index >= 15 is 0 Å². The number of rotatable bonds is 5. The molecule has 0 amide bonds. The van der Waals surface area contributed by atoms with Gasteiger partial charge in [-0.2, -0.15) is 0 Å². The van der Waals surface area contributed by atoms with Crippen LogP contribution in [0.3, 0.4) is 0 Å². The molecule has 3 rings (SSSR count). The maximum Gasteiger partial charge on any atom is 0.108 e. The van der Waals surface area contributed by atoms with Crippen LogP contribution < -0.4 is 0 Å². The van der Waals surface area contributed by atoms with Gasteiger partial charge in [0, 0.05) is 50.9 Å². The molecule has 0 bridgehead atoms. The summed E-state index contributed by atoms with van der Waals surface area (Å²) in [6, 6.07) is 8.83. The van der Waals surface area contributed by atoms with Crippen molar-refractivity contribution < 1.29 is 0 Å². The molecule has 0 N–H and O–H groups in total. The van der Waals surface area contributed by atoms with E-state index in [1.165, 1.54) is 30.0 Å². The summed E-state index contributed by atoms with van der Waals surface area (Å²) in [5.74, 6) is 1.99. The predicted octanol–water partition coefficient (Wildman–Crippen LogP) is 2.89. The fourth-order valence-corrected chi connectivity index (χ4v) is 3.09. The molecular weight excluding hydrogens is 246 g/mol. The van der Waals surface area contributed by atoms with Gasteiger partial charge >= 0.3 is 0 Å². The summed E-state index contributed by atoms with van der Waals surface area (Å²) in [5, 5.41) is 0. The fraction of sp³-hybridized carbons (Fsp3) is 0.471. The summed E-state index contributed by atoms with van der Waals surface area (Å²) in [7, 11) is 0. The van der Waals surface area contributed by atoms with E-state index in [4.69, 9.17) is 0 Å². The first-order valence-electron chi connectivity index (χ1n) is 7.52. The van der Waals surface area contributed by atoms with E-state index in [0.29, 0.717) is 0 Å². The van der Waals surface area contributed by atoms with Gasteiger partial charge in [0.15, 0.2) is 0 Å². The predicted molar refractivity (Wildman–Crippen MR) is 81.6 cm³/mol. The topological polar surface area (TPSA) is 21.1 Å². The highest BCUT2D eigenvalue weighted by Gasteiger charge is 2.27. The molecular formula is C17H23N3. The van der Waals surface area contributed by atoms with Gasteiger partial charge in [0.1, 0.15) is 5.82 Å². The van der Waals surface area contributed by atoms with Crippen LogP contribution in [0.15, 0.2) is 36.7 Å². The lowest BCUT2D eigenvalue weighted by Gasteiger charge is -2.39. The molecule has 1 fully saturated rings. The minimum atomic E-state index is 0.777. The van der Waals surface area contributed by atoms with Gasteiger partial charge < -0.3 is 4.57 Å². The molecule has 0 radical (unpaired) electrons. The molecule has 1 aliphatic heterocycles. The zero-order chi connectivity index (χ0) is 13.9. The molecule has 3 nitrogen and oxygen atoms in total. The number of hydrogen-bond donors (Lipinski definition) is 0. The van der Waals surface area contributed by atoms with Crippen molar-refractivity contribution in [3.8, 4) is 0 Å². The monoisotopic (exact) mass is 269 g/mol. The summed E-state index contributed by atoms with van der Waals surface area (Å²) >= 11 is 0. The Bertz CT molecular complexity index is 567. The highest BCUT2D eigenvalue weighted by Crippen LogP contribution is 2.21. The van der Waals surface area contributed by atoms with Crippen molar-refractivity contribution in [2.75, 3.05) is 13.1 Å². The Kier molecular flexibility index (Phi) is 3.88. The SMILES string of the molecule is CCc1nccn1CC1CN(Cc2cccc(C)c2)C1. The highest BCUT2D eigenvalue weighted by molar-refractivity contribution is 5.22. The van der Waals surface area contributed by atoms with E-state index < -0.39 is 0 Å². The van der Waals surface area contributed by atoms with Gasteiger partial charge in [0.25, 0.3) is 0 Å². The Balaban J connectivity index is 1.49. The van der Waals surface area contributed by atoms with Crippen molar-refractivity contribution in [1.29, 1.82) is 0 Å². The second-order valence-corrected chi connectivity index (χ2v) is 5.90. The van der Waals surface area contributed by atoms with Crippen LogP contribution in [-0.4, -0.2) is 27.5 Å². The first-order chi connectivity index (χ1) is 9.74.